The summed E-state index contributed by atoms with van der Waals surface area (Å²) < 4.78 is 10.6. The fourth-order valence-corrected chi connectivity index (χ4v) is 2.58. The van der Waals surface area contributed by atoms with Gasteiger partial charge in [0, 0.05) is 25.7 Å². The molecule has 1 heterocycles. The molecule has 1 N–H and O–H groups in total. The highest BCUT2D eigenvalue weighted by Crippen LogP contribution is 2.12. The van der Waals surface area contributed by atoms with Gasteiger partial charge in [0.15, 0.2) is 0 Å². The van der Waals surface area contributed by atoms with Gasteiger partial charge in [-0.25, -0.2) is 4.79 Å². The lowest BCUT2D eigenvalue weighted by molar-refractivity contribution is 0.142. The standard InChI is InChI=1S/C17H26N2O3/c1-14-9-12-22-13-11-19(14)17(20)18-10-3-4-15-5-7-16(21-2)8-6-15/h5-8,14H,3-4,9-13H2,1-2H3,(H,18,20)/t14-/m0/s1. The molecule has 2 rings (SSSR count). The fourth-order valence-electron chi connectivity index (χ4n) is 2.58. The average Bonchev–Trinajstić information content (AvgIpc) is 2.76. The summed E-state index contributed by atoms with van der Waals surface area (Å²) >= 11 is 0. The molecule has 0 aromatic heterocycles. The molecular weight excluding hydrogens is 280 g/mol. The zero-order chi connectivity index (χ0) is 15.8. The summed E-state index contributed by atoms with van der Waals surface area (Å²) in [5.74, 6) is 0.870. The monoisotopic (exact) mass is 306 g/mol. The molecular formula is C17H26N2O3. The Morgan fingerprint density at radius 3 is 2.86 bits per heavy atom. The van der Waals surface area contributed by atoms with Crippen LogP contribution in [0.3, 0.4) is 0 Å². The molecule has 2 amide bonds. The molecule has 0 radical (unpaired) electrons. The van der Waals surface area contributed by atoms with Crippen molar-refractivity contribution >= 4 is 6.03 Å². The molecule has 1 aliphatic rings. The number of nitrogens with one attached hydrogen (secondary N) is 1. The van der Waals surface area contributed by atoms with Crippen molar-refractivity contribution in [1.82, 2.24) is 10.2 Å². The number of hydrogen-bond donors (Lipinski definition) is 1. The van der Waals surface area contributed by atoms with Crippen LogP contribution in [-0.4, -0.2) is 50.4 Å². The van der Waals surface area contributed by atoms with Crippen molar-refractivity contribution in [1.29, 1.82) is 0 Å². The first-order valence-corrected chi connectivity index (χ1v) is 7.96. The van der Waals surface area contributed by atoms with Gasteiger partial charge in [-0.1, -0.05) is 12.1 Å². The van der Waals surface area contributed by atoms with E-state index in [-0.39, 0.29) is 12.1 Å². The average molecular weight is 306 g/mol. The van der Waals surface area contributed by atoms with Gasteiger partial charge in [0.1, 0.15) is 5.75 Å². The molecule has 0 unspecified atom stereocenters. The second-order valence-electron chi connectivity index (χ2n) is 5.63. The minimum atomic E-state index is 0.0210. The Balaban J connectivity index is 1.69. The Morgan fingerprint density at radius 1 is 1.36 bits per heavy atom. The summed E-state index contributed by atoms with van der Waals surface area (Å²) in [6.45, 7) is 4.80. The van der Waals surface area contributed by atoms with Crippen LogP contribution in [0.5, 0.6) is 5.75 Å². The first-order valence-electron chi connectivity index (χ1n) is 7.96. The van der Waals surface area contributed by atoms with Gasteiger partial charge in [0.25, 0.3) is 0 Å². The lowest BCUT2D eigenvalue weighted by Gasteiger charge is -2.26. The van der Waals surface area contributed by atoms with E-state index in [1.807, 2.05) is 17.0 Å². The molecule has 22 heavy (non-hydrogen) atoms. The van der Waals surface area contributed by atoms with E-state index >= 15 is 0 Å². The van der Waals surface area contributed by atoms with Crippen molar-refractivity contribution in [3.63, 3.8) is 0 Å². The third-order valence-electron chi connectivity index (χ3n) is 4.03. The van der Waals surface area contributed by atoms with Crippen molar-refractivity contribution in [3.05, 3.63) is 29.8 Å². The molecule has 0 saturated carbocycles. The molecule has 5 heteroatoms. The van der Waals surface area contributed by atoms with Gasteiger partial charge in [0.2, 0.25) is 0 Å². The molecule has 122 valence electrons. The third kappa shape index (κ3) is 4.91. The highest BCUT2D eigenvalue weighted by atomic mass is 16.5. The van der Waals surface area contributed by atoms with Crippen LogP contribution in [0, 0.1) is 0 Å². The smallest absolute Gasteiger partial charge is 0.317 e. The van der Waals surface area contributed by atoms with Crippen LogP contribution in [0.1, 0.15) is 25.3 Å². The van der Waals surface area contributed by atoms with Gasteiger partial charge in [0.05, 0.1) is 13.7 Å². The Morgan fingerprint density at radius 2 is 2.14 bits per heavy atom. The normalized spacial score (nSPS) is 18.6. The molecule has 5 nitrogen and oxygen atoms in total. The van der Waals surface area contributed by atoms with E-state index in [0.29, 0.717) is 19.7 Å². The summed E-state index contributed by atoms with van der Waals surface area (Å²) in [6.07, 6.45) is 2.78. The maximum Gasteiger partial charge on any atom is 0.317 e. The largest absolute Gasteiger partial charge is 0.497 e. The summed E-state index contributed by atoms with van der Waals surface area (Å²) in [5.41, 5.74) is 1.26. The maximum absolute atomic E-state index is 12.2. The molecule has 0 aliphatic carbocycles. The zero-order valence-electron chi connectivity index (χ0n) is 13.5. The Bertz CT molecular complexity index is 461. The summed E-state index contributed by atoms with van der Waals surface area (Å²) in [4.78, 5) is 14.1. The first-order chi connectivity index (χ1) is 10.7. The number of rotatable bonds is 5. The van der Waals surface area contributed by atoms with E-state index in [4.69, 9.17) is 9.47 Å². The molecule has 1 atom stereocenters. The van der Waals surface area contributed by atoms with Crippen molar-refractivity contribution in [2.45, 2.75) is 32.2 Å². The van der Waals surface area contributed by atoms with E-state index in [0.717, 1.165) is 31.6 Å². The predicted molar refractivity (Wildman–Crippen MR) is 86.3 cm³/mol. The minimum Gasteiger partial charge on any atom is -0.497 e. The van der Waals surface area contributed by atoms with Crippen LogP contribution in [0.4, 0.5) is 4.79 Å². The number of carbonyl (C=O) groups is 1. The van der Waals surface area contributed by atoms with Crippen LogP contribution in [0.15, 0.2) is 24.3 Å². The molecule has 1 saturated heterocycles. The number of ether oxygens (including phenoxy) is 2. The number of amides is 2. The molecule has 1 aromatic carbocycles. The molecule has 0 bridgehead atoms. The Labute approximate surface area is 132 Å². The van der Waals surface area contributed by atoms with Crippen LogP contribution in [0.25, 0.3) is 0 Å². The van der Waals surface area contributed by atoms with E-state index in [1.165, 1.54) is 5.56 Å². The first kappa shape index (κ1) is 16.6. The highest BCUT2D eigenvalue weighted by molar-refractivity contribution is 5.74. The minimum absolute atomic E-state index is 0.0210. The quantitative estimate of drug-likeness (QED) is 0.850. The number of urea groups is 1. The van der Waals surface area contributed by atoms with Crippen LogP contribution in [0.2, 0.25) is 0 Å². The second kappa shape index (κ2) is 8.63. The fraction of sp³-hybridized carbons (Fsp3) is 0.588. The number of benzene rings is 1. The van der Waals surface area contributed by atoms with Crippen molar-refractivity contribution < 1.29 is 14.3 Å². The number of aryl methyl sites for hydroxylation is 1. The third-order valence-corrected chi connectivity index (χ3v) is 4.03. The van der Waals surface area contributed by atoms with E-state index in [2.05, 4.69) is 24.4 Å². The topological polar surface area (TPSA) is 50.8 Å². The van der Waals surface area contributed by atoms with Crippen LogP contribution in [-0.2, 0) is 11.2 Å². The number of methoxy groups -OCH3 is 1. The van der Waals surface area contributed by atoms with Gasteiger partial charge in [-0.2, -0.15) is 0 Å². The molecule has 0 spiro atoms. The summed E-state index contributed by atoms with van der Waals surface area (Å²) in [7, 11) is 1.67. The van der Waals surface area contributed by atoms with Crippen LogP contribution >= 0.6 is 0 Å². The van der Waals surface area contributed by atoms with Crippen molar-refractivity contribution in [2.24, 2.45) is 0 Å². The van der Waals surface area contributed by atoms with Gasteiger partial charge >= 0.3 is 6.03 Å². The van der Waals surface area contributed by atoms with Gasteiger partial charge in [-0.05, 0) is 43.9 Å². The lowest BCUT2D eigenvalue weighted by Crippen LogP contribution is -2.45. The molecule has 1 aromatic rings. The lowest BCUT2D eigenvalue weighted by atomic mass is 10.1. The van der Waals surface area contributed by atoms with Gasteiger partial charge < -0.3 is 19.7 Å². The Hall–Kier alpha value is -1.75. The van der Waals surface area contributed by atoms with Crippen molar-refractivity contribution in [2.75, 3.05) is 33.4 Å². The number of nitrogens with zero attached hydrogens (tertiary/aromatic N) is 1. The van der Waals surface area contributed by atoms with Crippen LogP contribution < -0.4 is 10.1 Å². The molecule has 1 fully saturated rings. The molecule has 1 aliphatic heterocycles. The SMILES string of the molecule is COc1ccc(CCCNC(=O)N2CCOCC[C@@H]2C)cc1. The van der Waals surface area contributed by atoms with E-state index in [1.54, 1.807) is 7.11 Å². The predicted octanol–water partition coefficient (Wildman–Crippen LogP) is 2.45. The number of carbonyl (C=O) groups excluding carboxylic acids is 1. The second-order valence-corrected chi connectivity index (χ2v) is 5.63. The Kier molecular flexibility index (Phi) is 6.52. The number of hydrogen-bond acceptors (Lipinski definition) is 3. The highest BCUT2D eigenvalue weighted by Gasteiger charge is 2.21. The maximum atomic E-state index is 12.2. The van der Waals surface area contributed by atoms with E-state index in [9.17, 15) is 4.79 Å². The van der Waals surface area contributed by atoms with Gasteiger partial charge in [-0.3, -0.25) is 0 Å². The van der Waals surface area contributed by atoms with Crippen molar-refractivity contribution in [3.8, 4) is 5.75 Å². The zero-order valence-corrected chi connectivity index (χ0v) is 13.5. The summed E-state index contributed by atoms with van der Waals surface area (Å²) in [6, 6.07) is 8.32. The van der Waals surface area contributed by atoms with E-state index < -0.39 is 0 Å². The van der Waals surface area contributed by atoms with Gasteiger partial charge in [-0.15, -0.1) is 0 Å². The summed E-state index contributed by atoms with van der Waals surface area (Å²) in [5, 5.41) is 3.01.